The largest absolute Gasteiger partial charge is 0.247 e. The molecule has 0 aromatic rings. The van der Waals surface area contributed by atoms with Crippen LogP contribution < -0.4 is 0 Å². The summed E-state index contributed by atoms with van der Waals surface area (Å²) in [5.41, 5.74) is 0. The first-order chi connectivity index (χ1) is 13.1. The van der Waals surface area contributed by atoms with Crippen molar-refractivity contribution in [3.05, 3.63) is 0 Å². The Hall–Kier alpha value is -0.0700. The summed E-state index contributed by atoms with van der Waals surface area (Å²) in [7, 11) is 0. The highest BCUT2D eigenvalue weighted by Gasteiger charge is 2.39. The van der Waals surface area contributed by atoms with Crippen LogP contribution in [0.2, 0.25) is 0 Å². The minimum atomic E-state index is -0.510. The van der Waals surface area contributed by atoms with Gasteiger partial charge in [-0.1, -0.05) is 59.3 Å². The van der Waals surface area contributed by atoms with Crippen LogP contribution in [0.1, 0.15) is 117 Å². The first kappa shape index (κ1) is 21.6. The molecule has 0 N–H and O–H groups in total. The fourth-order valence-electron chi connectivity index (χ4n) is 7.29. The van der Waals surface area contributed by atoms with E-state index in [1.165, 1.54) is 89.9 Å². The molecule has 3 aliphatic rings. The van der Waals surface area contributed by atoms with Crippen molar-refractivity contribution >= 4 is 0 Å². The lowest BCUT2D eigenvalue weighted by atomic mass is 9.63. The molecule has 3 atom stereocenters. The number of alkyl halides is 1. The van der Waals surface area contributed by atoms with Gasteiger partial charge in [0.25, 0.3) is 0 Å². The minimum absolute atomic E-state index is 0.377. The Balaban J connectivity index is 1.44. The zero-order valence-electron chi connectivity index (χ0n) is 18.6. The Kier molecular flexibility index (Phi) is 8.52. The summed E-state index contributed by atoms with van der Waals surface area (Å²) in [4.78, 5) is 0. The highest BCUT2D eigenvalue weighted by molar-refractivity contribution is 4.89. The number of halogens is 1. The van der Waals surface area contributed by atoms with Gasteiger partial charge in [-0.2, -0.15) is 0 Å². The quantitative estimate of drug-likeness (QED) is 0.416. The molecule has 0 aromatic heterocycles. The van der Waals surface area contributed by atoms with Crippen molar-refractivity contribution in [3.63, 3.8) is 0 Å². The van der Waals surface area contributed by atoms with Gasteiger partial charge in [-0.25, -0.2) is 4.39 Å². The predicted molar refractivity (Wildman–Crippen MR) is 116 cm³/mol. The van der Waals surface area contributed by atoms with Gasteiger partial charge in [0, 0.05) is 0 Å². The molecule has 0 aliphatic heterocycles. The van der Waals surface area contributed by atoms with Crippen molar-refractivity contribution in [1.82, 2.24) is 0 Å². The van der Waals surface area contributed by atoms with E-state index in [0.29, 0.717) is 17.8 Å². The SMILES string of the molecule is CCCC(CCC)C1CCC(C2CCC(C3CCC(C)CC3)CC2)CC1F. The van der Waals surface area contributed by atoms with Gasteiger partial charge >= 0.3 is 0 Å². The lowest BCUT2D eigenvalue weighted by Gasteiger charge is -2.43. The minimum Gasteiger partial charge on any atom is -0.247 e. The van der Waals surface area contributed by atoms with Crippen molar-refractivity contribution < 1.29 is 4.39 Å². The summed E-state index contributed by atoms with van der Waals surface area (Å²) in [6.45, 7) is 6.97. The molecule has 0 amide bonds. The van der Waals surface area contributed by atoms with E-state index in [1.807, 2.05) is 0 Å². The zero-order chi connectivity index (χ0) is 19.2. The molecule has 158 valence electrons. The Bertz CT molecular complexity index is 396. The molecule has 0 spiro atoms. The van der Waals surface area contributed by atoms with E-state index in [2.05, 4.69) is 20.8 Å². The number of hydrogen-bond donors (Lipinski definition) is 0. The summed E-state index contributed by atoms with van der Waals surface area (Å²) >= 11 is 0. The zero-order valence-corrected chi connectivity index (χ0v) is 18.6. The molecule has 3 fully saturated rings. The van der Waals surface area contributed by atoms with Crippen LogP contribution in [0.3, 0.4) is 0 Å². The maximum absolute atomic E-state index is 15.2. The van der Waals surface area contributed by atoms with Crippen molar-refractivity contribution in [2.75, 3.05) is 0 Å². The molecular weight excluding hydrogens is 331 g/mol. The van der Waals surface area contributed by atoms with Crippen molar-refractivity contribution in [2.45, 2.75) is 123 Å². The maximum atomic E-state index is 15.2. The fourth-order valence-corrected chi connectivity index (χ4v) is 7.29. The molecule has 0 radical (unpaired) electrons. The lowest BCUT2D eigenvalue weighted by Crippen LogP contribution is -2.36. The monoisotopic (exact) mass is 378 g/mol. The average Bonchev–Trinajstić information content (AvgIpc) is 2.69. The summed E-state index contributed by atoms with van der Waals surface area (Å²) in [6, 6.07) is 0. The van der Waals surface area contributed by atoms with Gasteiger partial charge < -0.3 is 0 Å². The summed E-state index contributed by atoms with van der Waals surface area (Å²) in [6.07, 6.45) is 19.5. The molecular formula is C26H47F. The molecule has 3 aliphatic carbocycles. The molecule has 0 bridgehead atoms. The maximum Gasteiger partial charge on any atom is 0.103 e. The van der Waals surface area contributed by atoms with E-state index in [4.69, 9.17) is 0 Å². The van der Waals surface area contributed by atoms with E-state index < -0.39 is 6.17 Å². The first-order valence-electron chi connectivity index (χ1n) is 12.8. The standard InChI is InChI=1S/C26H47F/c1-4-6-23(7-5-2)25-17-16-24(18-26(25)27)22-14-12-21(13-15-22)20-10-8-19(3)9-11-20/h19-26H,4-18H2,1-3H3. The van der Waals surface area contributed by atoms with Crippen molar-refractivity contribution in [2.24, 2.45) is 41.4 Å². The van der Waals surface area contributed by atoms with Gasteiger partial charge in [0.05, 0.1) is 0 Å². The predicted octanol–water partition coefficient (Wildman–Crippen LogP) is 8.59. The van der Waals surface area contributed by atoms with E-state index in [-0.39, 0.29) is 0 Å². The van der Waals surface area contributed by atoms with Gasteiger partial charge in [-0.3, -0.25) is 0 Å². The van der Waals surface area contributed by atoms with Crippen LogP contribution in [-0.2, 0) is 0 Å². The number of hydrogen-bond acceptors (Lipinski definition) is 0. The molecule has 0 nitrogen and oxygen atoms in total. The van der Waals surface area contributed by atoms with Gasteiger partial charge in [-0.15, -0.1) is 0 Å². The van der Waals surface area contributed by atoms with Crippen molar-refractivity contribution in [1.29, 1.82) is 0 Å². The lowest BCUT2D eigenvalue weighted by molar-refractivity contribution is 0.0377. The topological polar surface area (TPSA) is 0 Å². The van der Waals surface area contributed by atoms with E-state index >= 15 is 4.39 Å². The van der Waals surface area contributed by atoms with E-state index in [0.717, 1.165) is 30.1 Å². The Labute approximate surface area is 169 Å². The molecule has 0 heterocycles. The summed E-state index contributed by atoms with van der Waals surface area (Å²) in [5.74, 6) is 5.58. The highest BCUT2D eigenvalue weighted by Crippen LogP contribution is 2.47. The third-order valence-electron chi connectivity index (χ3n) is 9.00. The fraction of sp³-hybridized carbons (Fsp3) is 1.00. The third kappa shape index (κ3) is 5.72. The van der Waals surface area contributed by atoms with Crippen LogP contribution in [0.4, 0.5) is 4.39 Å². The van der Waals surface area contributed by atoms with Crippen LogP contribution in [-0.4, -0.2) is 6.17 Å². The molecule has 3 rings (SSSR count). The Morgan fingerprint density at radius 3 is 1.59 bits per heavy atom. The van der Waals surface area contributed by atoms with Crippen molar-refractivity contribution in [3.8, 4) is 0 Å². The van der Waals surface area contributed by atoms with Crippen LogP contribution >= 0.6 is 0 Å². The molecule has 3 saturated carbocycles. The molecule has 0 aromatic carbocycles. The van der Waals surface area contributed by atoms with Crippen LogP contribution in [0.25, 0.3) is 0 Å². The second-order valence-electron chi connectivity index (χ2n) is 10.8. The normalized spacial score (nSPS) is 41.0. The van der Waals surface area contributed by atoms with Gasteiger partial charge in [0.1, 0.15) is 6.17 Å². The second kappa shape index (κ2) is 10.6. The molecule has 0 saturated heterocycles. The first-order valence-corrected chi connectivity index (χ1v) is 12.8. The van der Waals surface area contributed by atoms with E-state index in [1.54, 1.807) is 0 Å². The summed E-state index contributed by atoms with van der Waals surface area (Å²) in [5, 5.41) is 0. The van der Waals surface area contributed by atoms with Gasteiger partial charge in [0.2, 0.25) is 0 Å². The molecule has 3 unspecified atom stereocenters. The average molecular weight is 379 g/mol. The highest BCUT2D eigenvalue weighted by atomic mass is 19.1. The third-order valence-corrected chi connectivity index (χ3v) is 9.00. The van der Waals surface area contributed by atoms with E-state index in [9.17, 15) is 0 Å². The van der Waals surface area contributed by atoms with Crippen LogP contribution in [0, 0.1) is 41.4 Å². The van der Waals surface area contributed by atoms with Gasteiger partial charge in [-0.05, 0) is 99.2 Å². The Morgan fingerprint density at radius 2 is 1.11 bits per heavy atom. The van der Waals surface area contributed by atoms with Crippen LogP contribution in [0.5, 0.6) is 0 Å². The Morgan fingerprint density at radius 1 is 0.667 bits per heavy atom. The number of rotatable bonds is 7. The van der Waals surface area contributed by atoms with Crippen LogP contribution in [0.15, 0.2) is 0 Å². The smallest absolute Gasteiger partial charge is 0.103 e. The molecule has 27 heavy (non-hydrogen) atoms. The summed E-state index contributed by atoms with van der Waals surface area (Å²) < 4.78 is 15.2. The van der Waals surface area contributed by atoms with Gasteiger partial charge in [0.15, 0.2) is 0 Å². The molecule has 1 heteroatoms. The second-order valence-corrected chi connectivity index (χ2v) is 10.8.